The van der Waals surface area contributed by atoms with Crippen LogP contribution >= 0.6 is 0 Å². The Kier molecular flexibility index (Phi) is 4.01. The molecule has 0 aliphatic heterocycles. The van der Waals surface area contributed by atoms with Crippen molar-refractivity contribution in [2.75, 3.05) is 5.73 Å². The van der Waals surface area contributed by atoms with Gasteiger partial charge in [0.1, 0.15) is 4.90 Å². The Morgan fingerprint density at radius 2 is 1.74 bits per heavy atom. The summed E-state index contributed by atoms with van der Waals surface area (Å²) in [6.45, 7) is 8.04. The van der Waals surface area contributed by atoms with Crippen LogP contribution in [0, 0.1) is 6.92 Å². The van der Waals surface area contributed by atoms with E-state index in [-0.39, 0.29) is 10.6 Å². The van der Waals surface area contributed by atoms with Crippen molar-refractivity contribution >= 4 is 15.7 Å². The molecule has 0 aliphatic carbocycles. The van der Waals surface area contributed by atoms with Crippen LogP contribution < -0.4 is 10.5 Å². The zero-order chi connectivity index (χ0) is 15.1. The Labute approximate surface area is 114 Å². The summed E-state index contributed by atoms with van der Waals surface area (Å²) in [5.41, 5.74) is 4.28. The number of aliphatic hydroxyl groups is 1. The van der Waals surface area contributed by atoms with E-state index in [0.29, 0.717) is 5.56 Å². The number of aryl methyl sites for hydroxylation is 1. The average molecular weight is 286 g/mol. The van der Waals surface area contributed by atoms with Gasteiger partial charge in [0, 0.05) is 0 Å². The van der Waals surface area contributed by atoms with Crippen molar-refractivity contribution in [2.24, 2.45) is 0 Å². The highest BCUT2D eigenvalue weighted by atomic mass is 32.2. The lowest BCUT2D eigenvalue weighted by Crippen LogP contribution is -2.57. The molecule has 0 heterocycles. The molecule has 0 saturated carbocycles. The van der Waals surface area contributed by atoms with E-state index in [2.05, 4.69) is 4.72 Å². The van der Waals surface area contributed by atoms with E-state index in [4.69, 9.17) is 5.73 Å². The van der Waals surface area contributed by atoms with Gasteiger partial charge in [-0.05, 0) is 46.2 Å². The predicted octanol–water partition coefficient (Wildman–Crippen LogP) is 1.41. The number of nitrogens with one attached hydrogen (secondary N) is 1. The van der Waals surface area contributed by atoms with Crippen LogP contribution in [0.4, 0.5) is 5.69 Å². The van der Waals surface area contributed by atoms with Gasteiger partial charge < -0.3 is 10.8 Å². The molecule has 19 heavy (non-hydrogen) atoms. The van der Waals surface area contributed by atoms with Gasteiger partial charge in [-0.3, -0.25) is 0 Å². The Hall–Kier alpha value is -1.11. The number of sulfonamides is 1. The number of nitrogens with two attached hydrogens (primary N) is 1. The Morgan fingerprint density at radius 3 is 2.16 bits per heavy atom. The summed E-state index contributed by atoms with van der Waals surface area (Å²) in [6.07, 6.45) is 0. The van der Waals surface area contributed by atoms with Crippen molar-refractivity contribution in [1.29, 1.82) is 0 Å². The maximum absolute atomic E-state index is 12.4. The summed E-state index contributed by atoms with van der Waals surface area (Å²) in [7, 11) is -3.80. The molecule has 4 N–H and O–H groups in total. The van der Waals surface area contributed by atoms with Crippen LogP contribution in [0.3, 0.4) is 0 Å². The van der Waals surface area contributed by atoms with Crippen molar-refractivity contribution < 1.29 is 13.5 Å². The van der Waals surface area contributed by atoms with E-state index < -0.39 is 21.2 Å². The van der Waals surface area contributed by atoms with Gasteiger partial charge in [0.05, 0.1) is 16.8 Å². The minimum absolute atomic E-state index is 0.0623. The van der Waals surface area contributed by atoms with E-state index in [1.807, 2.05) is 0 Å². The SMILES string of the molecule is Cc1cccc(N)c1S(=O)(=O)NC(C)(C)C(C)(C)O. The number of hydrogen-bond donors (Lipinski definition) is 3. The standard InChI is InChI=1S/C13H22N2O3S/c1-9-7-6-8-10(14)11(9)19(17,18)15-12(2,3)13(4,5)16/h6-8,15-16H,14H2,1-5H3. The van der Waals surface area contributed by atoms with Gasteiger partial charge in [0.2, 0.25) is 10.0 Å². The number of hydrogen-bond acceptors (Lipinski definition) is 4. The van der Waals surface area contributed by atoms with Crippen LogP contribution in [-0.2, 0) is 10.0 Å². The summed E-state index contributed by atoms with van der Waals surface area (Å²) in [5.74, 6) is 0. The third kappa shape index (κ3) is 3.26. The van der Waals surface area contributed by atoms with Crippen LogP contribution in [-0.4, -0.2) is 24.7 Å². The smallest absolute Gasteiger partial charge is 0.243 e. The highest BCUT2D eigenvalue weighted by Gasteiger charge is 2.39. The van der Waals surface area contributed by atoms with Gasteiger partial charge in [-0.2, -0.15) is 0 Å². The van der Waals surface area contributed by atoms with E-state index >= 15 is 0 Å². The summed E-state index contributed by atoms with van der Waals surface area (Å²) in [5, 5.41) is 10.0. The fourth-order valence-electron chi connectivity index (χ4n) is 1.55. The summed E-state index contributed by atoms with van der Waals surface area (Å²) >= 11 is 0. The number of rotatable bonds is 4. The van der Waals surface area contributed by atoms with Crippen LogP contribution in [0.25, 0.3) is 0 Å². The van der Waals surface area contributed by atoms with Crippen molar-refractivity contribution in [1.82, 2.24) is 4.72 Å². The predicted molar refractivity (Wildman–Crippen MR) is 76.3 cm³/mol. The molecule has 1 rings (SSSR count). The highest BCUT2D eigenvalue weighted by Crippen LogP contribution is 2.27. The van der Waals surface area contributed by atoms with Crippen LogP contribution in [0.5, 0.6) is 0 Å². The summed E-state index contributed by atoms with van der Waals surface area (Å²) in [4.78, 5) is 0.0623. The van der Waals surface area contributed by atoms with Gasteiger partial charge in [0.15, 0.2) is 0 Å². The minimum atomic E-state index is -3.80. The minimum Gasteiger partial charge on any atom is -0.398 e. The topological polar surface area (TPSA) is 92.4 Å². The second kappa shape index (κ2) is 4.77. The summed E-state index contributed by atoms with van der Waals surface area (Å²) in [6, 6.07) is 4.92. The molecule has 0 unspecified atom stereocenters. The zero-order valence-electron chi connectivity index (χ0n) is 12.0. The van der Waals surface area contributed by atoms with Crippen LogP contribution in [0.1, 0.15) is 33.3 Å². The monoisotopic (exact) mass is 286 g/mol. The normalized spacial score (nSPS) is 13.6. The molecular weight excluding hydrogens is 264 g/mol. The van der Waals surface area contributed by atoms with Gasteiger partial charge in [-0.15, -0.1) is 0 Å². The van der Waals surface area contributed by atoms with Gasteiger partial charge in [-0.25, -0.2) is 13.1 Å². The molecule has 0 spiro atoms. The van der Waals surface area contributed by atoms with Gasteiger partial charge in [0.25, 0.3) is 0 Å². The van der Waals surface area contributed by atoms with E-state index in [9.17, 15) is 13.5 Å². The fraction of sp³-hybridized carbons (Fsp3) is 0.538. The molecule has 0 radical (unpaired) electrons. The molecule has 1 aromatic carbocycles. The molecule has 0 fully saturated rings. The van der Waals surface area contributed by atoms with E-state index in [0.717, 1.165) is 0 Å². The first kappa shape index (κ1) is 15.9. The lowest BCUT2D eigenvalue weighted by Gasteiger charge is -2.37. The van der Waals surface area contributed by atoms with Gasteiger partial charge >= 0.3 is 0 Å². The average Bonchev–Trinajstić information content (AvgIpc) is 2.12. The number of nitrogen functional groups attached to an aromatic ring is 1. The van der Waals surface area contributed by atoms with Crippen molar-refractivity contribution in [3.8, 4) is 0 Å². The molecule has 0 bridgehead atoms. The van der Waals surface area contributed by atoms with Crippen molar-refractivity contribution in [3.05, 3.63) is 23.8 Å². The number of anilines is 1. The third-order valence-corrected chi connectivity index (χ3v) is 5.30. The molecule has 5 nitrogen and oxygen atoms in total. The second-order valence-corrected chi connectivity index (χ2v) is 7.40. The van der Waals surface area contributed by atoms with Crippen LogP contribution in [0.15, 0.2) is 23.1 Å². The maximum Gasteiger partial charge on any atom is 0.243 e. The molecule has 6 heteroatoms. The van der Waals surface area contributed by atoms with E-state index in [1.54, 1.807) is 52.8 Å². The van der Waals surface area contributed by atoms with Crippen LogP contribution in [0.2, 0.25) is 0 Å². The van der Waals surface area contributed by atoms with E-state index in [1.165, 1.54) is 0 Å². The zero-order valence-corrected chi connectivity index (χ0v) is 12.8. The molecule has 1 aromatic rings. The third-order valence-electron chi connectivity index (χ3n) is 3.43. The fourth-order valence-corrected chi connectivity index (χ4v) is 3.45. The molecule has 0 aliphatic rings. The maximum atomic E-state index is 12.4. The molecule has 0 saturated heterocycles. The highest BCUT2D eigenvalue weighted by molar-refractivity contribution is 7.89. The first-order valence-electron chi connectivity index (χ1n) is 6.00. The van der Waals surface area contributed by atoms with Crippen molar-refractivity contribution in [3.63, 3.8) is 0 Å². The first-order chi connectivity index (χ1) is 8.38. The largest absolute Gasteiger partial charge is 0.398 e. The molecule has 0 amide bonds. The Bertz CT molecular complexity index is 552. The lowest BCUT2D eigenvalue weighted by molar-refractivity contribution is 0.00638. The van der Waals surface area contributed by atoms with Crippen molar-refractivity contribution in [2.45, 2.75) is 50.7 Å². The Balaban J connectivity index is 3.28. The molecular formula is C13H22N2O3S. The molecule has 0 aromatic heterocycles. The Morgan fingerprint density at radius 1 is 1.21 bits per heavy atom. The quantitative estimate of drug-likeness (QED) is 0.730. The lowest BCUT2D eigenvalue weighted by atomic mass is 9.87. The summed E-state index contributed by atoms with van der Waals surface area (Å²) < 4.78 is 27.4. The number of benzene rings is 1. The van der Waals surface area contributed by atoms with Gasteiger partial charge in [-0.1, -0.05) is 12.1 Å². The first-order valence-corrected chi connectivity index (χ1v) is 7.48. The molecule has 0 atom stereocenters. The molecule has 108 valence electrons. The second-order valence-electron chi connectivity index (χ2n) is 5.78.